The van der Waals surface area contributed by atoms with Gasteiger partial charge in [-0.25, -0.2) is 4.98 Å². The van der Waals surface area contributed by atoms with Gasteiger partial charge in [0.15, 0.2) is 0 Å². The minimum Gasteiger partial charge on any atom is -0.379 e. The zero-order chi connectivity index (χ0) is 12.5. The molecule has 0 aliphatic carbocycles. The van der Waals surface area contributed by atoms with E-state index in [4.69, 9.17) is 10.5 Å². The predicted molar refractivity (Wildman–Crippen MR) is 70.1 cm³/mol. The van der Waals surface area contributed by atoms with E-state index in [0.29, 0.717) is 6.61 Å². The molecule has 2 unspecified atom stereocenters. The molecule has 0 spiro atoms. The molecule has 2 rings (SSSR count). The highest BCUT2D eigenvalue weighted by Gasteiger charge is 2.38. The summed E-state index contributed by atoms with van der Waals surface area (Å²) in [5.41, 5.74) is 7.31. The zero-order valence-electron chi connectivity index (χ0n) is 10.8. The van der Waals surface area contributed by atoms with Crippen molar-refractivity contribution in [3.05, 3.63) is 16.1 Å². The van der Waals surface area contributed by atoms with Gasteiger partial charge >= 0.3 is 0 Å². The first kappa shape index (κ1) is 13.0. The van der Waals surface area contributed by atoms with Crippen molar-refractivity contribution in [1.29, 1.82) is 0 Å². The number of ether oxygens (including phenoxy) is 1. The minimum absolute atomic E-state index is 0.0693. The number of thiazole rings is 1. The fraction of sp³-hybridized carbons (Fsp3) is 0.750. The van der Waals surface area contributed by atoms with Crippen molar-refractivity contribution < 1.29 is 4.74 Å². The maximum Gasteiger partial charge on any atom is 0.0897 e. The lowest BCUT2D eigenvalue weighted by molar-refractivity contribution is 0.127. The number of nitrogens with two attached hydrogens (primary N) is 1. The second-order valence-electron chi connectivity index (χ2n) is 5.31. The van der Waals surface area contributed by atoms with E-state index >= 15 is 0 Å². The third-order valence-electron chi connectivity index (χ3n) is 3.35. The average molecular weight is 255 g/mol. The topological polar surface area (TPSA) is 51.4 Å². The second kappa shape index (κ2) is 5.02. The van der Waals surface area contributed by atoms with Crippen molar-refractivity contribution in [2.24, 2.45) is 11.1 Å². The summed E-state index contributed by atoms with van der Waals surface area (Å²) in [6.45, 7) is 7.51. The molecule has 1 aromatic rings. The maximum atomic E-state index is 6.09. The Bertz CT molecular complexity index is 382. The van der Waals surface area contributed by atoms with Gasteiger partial charge in [0.25, 0.3) is 0 Å². The van der Waals surface area contributed by atoms with Gasteiger partial charge in [-0.1, -0.05) is 6.92 Å². The van der Waals surface area contributed by atoms with E-state index in [-0.39, 0.29) is 11.5 Å². The van der Waals surface area contributed by atoms with Gasteiger partial charge in [0.05, 0.1) is 23.9 Å². The van der Waals surface area contributed by atoms with Crippen LogP contribution in [0.1, 0.15) is 17.6 Å². The number of rotatable bonds is 4. The summed E-state index contributed by atoms with van der Waals surface area (Å²) < 4.78 is 5.46. The lowest BCUT2D eigenvalue weighted by Gasteiger charge is -2.31. The largest absolute Gasteiger partial charge is 0.379 e. The Morgan fingerprint density at radius 1 is 1.71 bits per heavy atom. The van der Waals surface area contributed by atoms with Gasteiger partial charge in [-0.05, 0) is 14.0 Å². The van der Waals surface area contributed by atoms with E-state index in [1.165, 1.54) is 0 Å². The summed E-state index contributed by atoms with van der Waals surface area (Å²) in [6, 6.07) is 0.141. The van der Waals surface area contributed by atoms with Gasteiger partial charge in [-0.15, -0.1) is 11.3 Å². The molecule has 96 valence electrons. The third-order valence-corrected chi connectivity index (χ3v) is 4.18. The van der Waals surface area contributed by atoms with Gasteiger partial charge in [-0.3, -0.25) is 4.90 Å². The average Bonchev–Trinajstić information content (AvgIpc) is 2.75. The van der Waals surface area contributed by atoms with Crippen LogP contribution < -0.4 is 5.73 Å². The van der Waals surface area contributed by atoms with Gasteiger partial charge in [0.2, 0.25) is 0 Å². The highest BCUT2D eigenvalue weighted by atomic mass is 32.1. The molecule has 1 aliphatic rings. The minimum atomic E-state index is 0.0693. The van der Waals surface area contributed by atoms with E-state index in [1.54, 1.807) is 11.3 Å². The van der Waals surface area contributed by atoms with Crippen LogP contribution in [0.25, 0.3) is 0 Å². The van der Waals surface area contributed by atoms with Crippen molar-refractivity contribution >= 4 is 11.3 Å². The number of hydrogen-bond acceptors (Lipinski definition) is 5. The zero-order valence-corrected chi connectivity index (χ0v) is 11.6. The van der Waals surface area contributed by atoms with Crippen LogP contribution in [0.4, 0.5) is 0 Å². The Hall–Kier alpha value is -0.490. The molecular weight excluding hydrogens is 234 g/mol. The molecule has 1 saturated heterocycles. The van der Waals surface area contributed by atoms with Crippen LogP contribution in [0.3, 0.4) is 0 Å². The van der Waals surface area contributed by atoms with Crippen LogP contribution in [-0.4, -0.2) is 42.7 Å². The maximum absolute atomic E-state index is 6.09. The fourth-order valence-electron chi connectivity index (χ4n) is 2.32. The number of nitrogens with zero attached hydrogens (tertiary/aromatic N) is 2. The lowest BCUT2D eigenvalue weighted by atomic mass is 9.85. The molecule has 4 nitrogen and oxygen atoms in total. The molecule has 17 heavy (non-hydrogen) atoms. The van der Waals surface area contributed by atoms with Crippen molar-refractivity contribution in [3.8, 4) is 0 Å². The molecule has 0 radical (unpaired) electrons. The van der Waals surface area contributed by atoms with Crippen LogP contribution in [0.15, 0.2) is 5.38 Å². The molecule has 0 amide bonds. The van der Waals surface area contributed by atoms with Gasteiger partial charge < -0.3 is 10.5 Å². The second-order valence-corrected chi connectivity index (χ2v) is 6.37. The van der Waals surface area contributed by atoms with Gasteiger partial charge in [0.1, 0.15) is 0 Å². The Morgan fingerprint density at radius 3 is 3.00 bits per heavy atom. The standard InChI is InChI=1S/C12H21N3OS/c1-9-14-10(6-17-9)4-15(3)7-12(2)8-16-5-11(12)13/h6,11H,4-5,7-8,13H2,1-3H3. The van der Waals surface area contributed by atoms with Crippen LogP contribution in [0.2, 0.25) is 0 Å². The molecule has 0 bridgehead atoms. The first-order valence-electron chi connectivity index (χ1n) is 5.92. The Labute approximate surface area is 107 Å². The SMILES string of the molecule is Cc1nc(CN(C)CC2(C)COCC2N)cs1. The Balaban J connectivity index is 1.91. The molecular formula is C12H21N3OS. The Morgan fingerprint density at radius 2 is 2.47 bits per heavy atom. The molecule has 2 atom stereocenters. The summed E-state index contributed by atoms with van der Waals surface area (Å²) in [7, 11) is 2.12. The first-order valence-corrected chi connectivity index (χ1v) is 6.80. The predicted octanol–water partition coefficient (Wildman–Crippen LogP) is 1.25. The number of aryl methyl sites for hydroxylation is 1. The summed E-state index contributed by atoms with van der Waals surface area (Å²) in [6.07, 6.45) is 0. The van der Waals surface area contributed by atoms with Crippen molar-refractivity contribution in [2.45, 2.75) is 26.4 Å². The molecule has 2 N–H and O–H groups in total. The fourth-order valence-corrected chi connectivity index (χ4v) is 2.92. The number of aromatic nitrogens is 1. The molecule has 1 aromatic heterocycles. The normalized spacial score (nSPS) is 29.1. The van der Waals surface area contributed by atoms with Crippen LogP contribution in [0, 0.1) is 12.3 Å². The highest BCUT2D eigenvalue weighted by Crippen LogP contribution is 2.28. The van der Waals surface area contributed by atoms with E-state index in [9.17, 15) is 0 Å². The molecule has 0 saturated carbocycles. The van der Waals surface area contributed by atoms with Crippen molar-refractivity contribution in [2.75, 3.05) is 26.8 Å². The molecule has 1 aliphatic heterocycles. The quantitative estimate of drug-likeness (QED) is 0.879. The first-order chi connectivity index (χ1) is 7.99. The summed E-state index contributed by atoms with van der Waals surface area (Å²) >= 11 is 1.70. The number of hydrogen-bond donors (Lipinski definition) is 1. The van der Waals surface area contributed by atoms with Crippen LogP contribution in [-0.2, 0) is 11.3 Å². The summed E-state index contributed by atoms with van der Waals surface area (Å²) in [5.74, 6) is 0. The van der Waals surface area contributed by atoms with Crippen molar-refractivity contribution in [1.82, 2.24) is 9.88 Å². The van der Waals surface area contributed by atoms with E-state index in [2.05, 4.69) is 29.2 Å². The van der Waals surface area contributed by atoms with Crippen molar-refractivity contribution in [3.63, 3.8) is 0 Å². The molecule has 0 aromatic carbocycles. The van der Waals surface area contributed by atoms with Gasteiger partial charge in [-0.2, -0.15) is 0 Å². The van der Waals surface area contributed by atoms with E-state index in [1.807, 2.05) is 6.92 Å². The highest BCUT2D eigenvalue weighted by molar-refractivity contribution is 7.09. The lowest BCUT2D eigenvalue weighted by Crippen LogP contribution is -2.45. The monoisotopic (exact) mass is 255 g/mol. The van der Waals surface area contributed by atoms with E-state index < -0.39 is 0 Å². The molecule has 2 heterocycles. The Kier molecular flexibility index (Phi) is 3.82. The van der Waals surface area contributed by atoms with Gasteiger partial charge in [0, 0.05) is 29.9 Å². The third kappa shape index (κ3) is 3.04. The van der Waals surface area contributed by atoms with E-state index in [0.717, 1.165) is 30.4 Å². The summed E-state index contributed by atoms with van der Waals surface area (Å²) in [4.78, 5) is 6.76. The van der Waals surface area contributed by atoms with Crippen LogP contribution >= 0.6 is 11.3 Å². The molecule has 5 heteroatoms. The van der Waals surface area contributed by atoms with Crippen LogP contribution in [0.5, 0.6) is 0 Å². The smallest absolute Gasteiger partial charge is 0.0897 e. The molecule has 1 fully saturated rings. The summed E-state index contributed by atoms with van der Waals surface area (Å²) in [5, 5.41) is 3.25.